The number of carbonyl (C=O) groups excluding carboxylic acids is 4. The van der Waals surface area contributed by atoms with Crippen molar-refractivity contribution in [3.63, 3.8) is 0 Å². The molecule has 0 aliphatic carbocycles. The van der Waals surface area contributed by atoms with E-state index in [1.807, 2.05) is 60.7 Å². The second-order valence-corrected chi connectivity index (χ2v) is 16.6. The number of esters is 4. The van der Waals surface area contributed by atoms with Crippen LogP contribution in [0.15, 0.2) is 60.7 Å². The van der Waals surface area contributed by atoms with Crippen LogP contribution >= 0.6 is 0 Å². The van der Waals surface area contributed by atoms with Gasteiger partial charge in [-0.25, -0.2) is 0 Å². The highest BCUT2D eigenvalue weighted by Crippen LogP contribution is 2.20. The predicted octanol–water partition coefficient (Wildman–Crippen LogP) is 6.18. The first-order chi connectivity index (χ1) is 22.9. The number of carbonyl (C=O) groups is 4. The first kappa shape index (κ1) is 42.4. The Balaban J connectivity index is 2.63. The fourth-order valence-electron chi connectivity index (χ4n) is 5.16. The van der Waals surface area contributed by atoms with E-state index in [4.69, 9.17) is 18.9 Å². The van der Waals surface area contributed by atoms with Gasteiger partial charge in [-0.2, -0.15) is 0 Å². The Morgan fingerprint density at radius 3 is 1.02 bits per heavy atom. The van der Waals surface area contributed by atoms with E-state index in [0.717, 1.165) is 11.1 Å². The molecule has 2 aromatic carbocycles. The molecule has 2 atom stereocenters. The van der Waals surface area contributed by atoms with Crippen molar-refractivity contribution >= 4 is 23.9 Å². The summed E-state index contributed by atoms with van der Waals surface area (Å²) in [5.74, 6) is -2.05. The molecular weight excluding hydrogens is 636 g/mol. The van der Waals surface area contributed by atoms with E-state index in [1.54, 1.807) is 92.9 Å². The van der Waals surface area contributed by atoms with Crippen LogP contribution in [0, 0.1) is 0 Å². The first-order valence-electron chi connectivity index (χ1n) is 17.4. The molecule has 0 N–H and O–H groups in total. The quantitative estimate of drug-likeness (QED) is 0.158. The summed E-state index contributed by atoms with van der Waals surface area (Å²) in [5, 5.41) is 0. The van der Waals surface area contributed by atoms with E-state index in [0.29, 0.717) is 0 Å². The van der Waals surface area contributed by atoms with Crippen LogP contribution in [0.25, 0.3) is 0 Å². The molecular formula is C40H60N2O8. The van der Waals surface area contributed by atoms with E-state index >= 15 is 0 Å². The Bertz CT molecular complexity index is 1280. The molecule has 10 nitrogen and oxygen atoms in total. The Morgan fingerprint density at radius 2 is 0.760 bits per heavy atom. The maximum Gasteiger partial charge on any atom is 0.324 e. The molecule has 0 bridgehead atoms. The van der Waals surface area contributed by atoms with Gasteiger partial charge in [0.1, 0.15) is 34.5 Å². The van der Waals surface area contributed by atoms with Crippen molar-refractivity contribution < 1.29 is 38.1 Å². The SMILES string of the molecule is CC(C)(C)OC(=O)CN(CCN(CC(=O)OC(C)(C)C)[C@@H](Cc1ccccc1)C(=O)OC(C)(C)C)[C@@H](Cc1ccccc1)C(=O)OC(C)(C)C. The Hall–Kier alpha value is -3.76. The van der Waals surface area contributed by atoms with Gasteiger partial charge in [-0.05, 0) is 107 Å². The van der Waals surface area contributed by atoms with Gasteiger partial charge in [-0.15, -0.1) is 0 Å². The zero-order chi connectivity index (χ0) is 37.9. The highest BCUT2D eigenvalue weighted by molar-refractivity contribution is 5.79. The van der Waals surface area contributed by atoms with Gasteiger partial charge in [0.05, 0.1) is 13.1 Å². The molecule has 0 saturated carbocycles. The molecule has 0 spiro atoms. The van der Waals surface area contributed by atoms with Crippen molar-refractivity contribution in [3.05, 3.63) is 71.8 Å². The molecule has 0 aliphatic rings. The minimum absolute atomic E-state index is 0.104. The van der Waals surface area contributed by atoms with Gasteiger partial charge in [0.25, 0.3) is 0 Å². The highest BCUT2D eigenvalue weighted by Gasteiger charge is 2.37. The van der Waals surface area contributed by atoms with Crippen LogP contribution in [0.3, 0.4) is 0 Å². The molecule has 0 amide bonds. The summed E-state index contributed by atoms with van der Waals surface area (Å²) in [5.41, 5.74) is -1.35. The second-order valence-electron chi connectivity index (χ2n) is 16.6. The van der Waals surface area contributed by atoms with E-state index in [2.05, 4.69) is 0 Å². The van der Waals surface area contributed by atoms with E-state index < -0.39 is 58.4 Å². The van der Waals surface area contributed by atoms with Crippen LogP contribution in [-0.2, 0) is 51.0 Å². The standard InChI is InChI=1S/C40H60N2O8/c1-37(2,3)47-33(43)27-41(31(35(45)49-39(7,8)9)25-29-19-15-13-16-20-29)23-24-42(28-34(44)48-38(4,5)6)32(36(46)50-40(10,11)12)26-30-21-17-14-18-22-30/h13-22,31-32H,23-28H2,1-12H3/t31-,32-/m0/s1. The Kier molecular flexibility index (Phi) is 15.2. The van der Waals surface area contributed by atoms with Crippen LogP contribution in [0.4, 0.5) is 0 Å². The van der Waals surface area contributed by atoms with Crippen LogP contribution in [0.5, 0.6) is 0 Å². The third-order valence-electron chi connectivity index (χ3n) is 6.96. The summed E-state index contributed by atoms with van der Waals surface area (Å²) < 4.78 is 23.2. The summed E-state index contributed by atoms with van der Waals surface area (Å²) >= 11 is 0. The number of hydrogen-bond donors (Lipinski definition) is 0. The zero-order valence-corrected chi connectivity index (χ0v) is 32.3. The third-order valence-corrected chi connectivity index (χ3v) is 6.96. The maximum absolute atomic E-state index is 13.9. The van der Waals surface area contributed by atoms with Gasteiger partial charge in [0.15, 0.2) is 0 Å². The summed E-state index contributed by atoms with van der Waals surface area (Å²) in [6, 6.07) is 17.2. The fourth-order valence-corrected chi connectivity index (χ4v) is 5.16. The minimum atomic E-state index is -0.887. The molecule has 2 rings (SSSR count). The zero-order valence-electron chi connectivity index (χ0n) is 32.3. The van der Waals surface area contributed by atoms with Crippen LogP contribution in [-0.4, -0.2) is 94.3 Å². The predicted molar refractivity (Wildman–Crippen MR) is 194 cm³/mol. The highest BCUT2D eigenvalue weighted by atomic mass is 16.6. The van der Waals surface area contributed by atoms with Gasteiger partial charge >= 0.3 is 23.9 Å². The van der Waals surface area contributed by atoms with Gasteiger partial charge in [-0.1, -0.05) is 60.7 Å². The molecule has 0 saturated heterocycles. The van der Waals surface area contributed by atoms with Crippen molar-refractivity contribution in [1.29, 1.82) is 0 Å². The summed E-state index contributed by atoms with van der Waals surface area (Å²) in [6.07, 6.45) is 0.508. The normalized spacial score (nSPS) is 13.8. The third kappa shape index (κ3) is 17.3. The first-order valence-corrected chi connectivity index (χ1v) is 17.4. The monoisotopic (exact) mass is 696 g/mol. The van der Waals surface area contributed by atoms with Crippen LogP contribution < -0.4 is 0 Å². The van der Waals surface area contributed by atoms with Crippen molar-refractivity contribution in [2.75, 3.05) is 26.2 Å². The molecule has 2 aromatic rings. The lowest BCUT2D eigenvalue weighted by Gasteiger charge is -2.36. The molecule has 10 heteroatoms. The molecule has 278 valence electrons. The topological polar surface area (TPSA) is 112 Å². The average molecular weight is 697 g/mol. The number of ether oxygens (including phenoxy) is 4. The Morgan fingerprint density at radius 1 is 0.480 bits per heavy atom. The summed E-state index contributed by atoms with van der Waals surface area (Å²) in [4.78, 5) is 58.0. The van der Waals surface area contributed by atoms with Gasteiger partial charge in [0.2, 0.25) is 0 Å². The number of nitrogens with zero attached hydrogens (tertiary/aromatic N) is 2. The van der Waals surface area contributed by atoms with Gasteiger partial charge < -0.3 is 18.9 Å². The molecule has 0 unspecified atom stereocenters. The number of hydrogen-bond acceptors (Lipinski definition) is 10. The number of benzene rings is 2. The lowest BCUT2D eigenvalue weighted by Crippen LogP contribution is -2.54. The fraction of sp³-hybridized carbons (Fsp3) is 0.600. The van der Waals surface area contributed by atoms with Crippen molar-refractivity contribution in [2.45, 2.75) is 130 Å². The second kappa shape index (κ2) is 17.9. The lowest BCUT2D eigenvalue weighted by atomic mass is 10.0. The van der Waals surface area contributed by atoms with Crippen LogP contribution in [0.1, 0.15) is 94.2 Å². The lowest BCUT2D eigenvalue weighted by molar-refractivity contribution is -0.169. The number of rotatable bonds is 15. The molecule has 0 aliphatic heterocycles. The molecule has 0 aromatic heterocycles. The van der Waals surface area contributed by atoms with Crippen molar-refractivity contribution in [1.82, 2.24) is 9.80 Å². The minimum Gasteiger partial charge on any atom is -0.459 e. The molecule has 0 fully saturated rings. The molecule has 0 heterocycles. The summed E-state index contributed by atoms with van der Waals surface area (Å²) in [7, 11) is 0. The van der Waals surface area contributed by atoms with Gasteiger partial charge in [0, 0.05) is 13.1 Å². The van der Waals surface area contributed by atoms with Crippen molar-refractivity contribution in [3.8, 4) is 0 Å². The summed E-state index contributed by atoms with van der Waals surface area (Å²) in [6.45, 7) is 21.2. The van der Waals surface area contributed by atoms with Crippen molar-refractivity contribution in [2.24, 2.45) is 0 Å². The maximum atomic E-state index is 13.9. The largest absolute Gasteiger partial charge is 0.459 e. The molecule has 50 heavy (non-hydrogen) atoms. The van der Waals surface area contributed by atoms with E-state index in [9.17, 15) is 19.2 Å². The van der Waals surface area contributed by atoms with Crippen LogP contribution in [0.2, 0.25) is 0 Å². The average Bonchev–Trinajstić information content (AvgIpc) is 2.93. The van der Waals surface area contributed by atoms with E-state index in [-0.39, 0.29) is 39.0 Å². The Labute approximate surface area is 299 Å². The van der Waals surface area contributed by atoms with E-state index in [1.165, 1.54) is 0 Å². The van der Waals surface area contributed by atoms with Gasteiger partial charge in [-0.3, -0.25) is 29.0 Å². The smallest absolute Gasteiger partial charge is 0.324 e. The molecule has 0 radical (unpaired) electrons.